The Bertz CT molecular complexity index is 1270. The van der Waals surface area contributed by atoms with Gasteiger partial charge in [0.1, 0.15) is 73.2 Å². The van der Waals surface area contributed by atoms with Gasteiger partial charge in [0.2, 0.25) is 0 Å². The molecule has 3 aliphatic heterocycles. The Morgan fingerprint density at radius 3 is 1.47 bits per heavy atom. The summed E-state index contributed by atoms with van der Waals surface area (Å²) in [6, 6.07) is 0. The van der Waals surface area contributed by atoms with E-state index in [1.807, 2.05) is 6.92 Å². The number of rotatable bonds is 28. The smallest absolute Gasteiger partial charge is 0.310 e. The largest absolute Gasteiger partial charge is 0.417 e. The number of carbonyl (C=O) groups is 2. The van der Waals surface area contributed by atoms with Gasteiger partial charge in [0.25, 0.3) is 5.79 Å². The molecule has 0 aromatic carbocycles. The van der Waals surface area contributed by atoms with E-state index >= 15 is 0 Å². The van der Waals surface area contributed by atoms with Gasteiger partial charge in [-0.05, 0) is 12.8 Å². The van der Waals surface area contributed by atoms with Crippen LogP contribution in [0.1, 0.15) is 136 Å². The summed E-state index contributed by atoms with van der Waals surface area (Å²) in [5, 5.41) is 118. The molecule has 3 fully saturated rings. The van der Waals surface area contributed by atoms with E-state index in [9.17, 15) is 65.8 Å². The van der Waals surface area contributed by atoms with Gasteiger partial charge in [0, 0.05) is 19.8 Å². The van der Waals surface area contributed by atoms with Crippen LogP contribution >= 0.6 is 0 Å². The molecular weight excluding hydrogens is 824 g/mol. The Labute approximate surface area is 364 Å². The first kappa shape index (κ1) is 54.6. The van der Waals surface area contributed by atoms with E-state index in [1.54, 1.807) is 0 Å². The second-order valence-corrected chi connectivity index (χ2v) is 16.9. The standard InChI is InChI=1S/C42H76O20/c1-4-6-8-9-10-11-12-13-14-15-16-17-19-21-29(47)61-41(3,60-28(46)20-18-7-5-2)42(38(54)33(51)30(48)25(22-43)59-42)62-37-27(24-45)57-40(35(53)32(37)50)58-36-26(23-44)56-39(55)34(52)31(36)49/h25-27,30-40,43-45,48-55H,4-24H2,1-3H3/t25-,26-,27-,30-,31-,32-,33+,34-,35-,36-,37-,38-,39+,40?,41?,42?/m1/s1. The molecule has 3 aliphatic rings. The van der Waals surface area contributed by atoms with Gasteiger partial charge < -0.3 is 89.3 Å². The molecule has 0 amide bonds. The molecule has 0 aromatic heterocycles. The lowest BCUT2D eigenvalue weighted by molar-refractivity contribution is -0.470. The quantitative estimate of drug-likeness (QED) is 0.0272. The molecule has 0 bridgehead atoms. The van der Waals surface area contributed by atoms with Gasteiger partial charge in [-0.15, -0.1) is 0 Å². The summed E-state index contributed by atoms with van der Waals surface area (Å²) in [7, 11) is 0. The summed E-state index contributed by atoms with van der Waals surface area (Å²) in [5.74, 6) is -7.92. The molecule has 0 radical (unpaired) electrons. The van der Waals surface area contributed by atoms with Crippen molar-refractivity contribution in [3.63, 3.8) is 0 Å². The van der Waals surface area contributed by atoms with E-state index in [1.165, 1.54) is 44.9 Å². The molecule has 0 spiro atoms. The predicted octanol–water partition coefficient (Wildman–Crippen LogP) is -0.339. The summed E-state index contributed by atoms with van der Waals surface area (Å²) in [6.45, 7) is 2.15. The van der Waals surface area contributed by atoms with Crippen LogP contribution in [-0.2, 0) is 42.7 Å². The summed E-state index contributed by atoms with van der Waals surface area (Å²) in [5.41, 5.74) is 0. The van der Waals surface area contributed by atoms with Crippen LogP contribution in [0.3, 0.4) is 0 Å². The van der Waals surface area contributed by atoms with Crippen LogP contribution in [0.2, 0.25) is 0 Å². The second kappa shape index (κ2) is 27.1. The average Bonchev–Trinajstić information content (AvgIpc) is 3.24. The summed E-state index contributed by atoms with van der Waals surface area (Å²) in [6.07, 6.45) is -12.7. The minimum atomic E-state index is -3.13. The number of carbonyl (C=O) groups excluding carboxylic acids is 2. The molecule has 0 aromatic rings. The number of hydrogen-bond acceptors (Lipinski definition) is 20. The molecule has 16 atom stereocenters. The highest BCUT2D eigenvalue weighted by atomic mass is 16.8. The summed E-state index contributed by atoms with van der Waals surface area (Å²) < 4.78 is 40.1. The van der Waals surface area contributed by atoms with Gasteiger partial charge in [0.15, 0.2) is 12.6 Å². The number of hydrogen-bond donors (Lipinski definition) is 11. The van der Waals surface area contributed by atoms with Crippen LogP contribution in [-0.4, -0.2) is 185 Å². The normalized spacial score (nSPS) is 36.2. The molecule has 3 rings (SSSR count). The Kier molecular flexibility index (Phi) is 23.8. The highest BCUT2D eigenvalue weighted by Gasteiger charge is 2.70. The molecule has 20 heteroatoms. The van der Waals surface area contributed by atoms with Crippen molar-refractivity contribution in [2.24, 2.45) is 0 Å². The third kappa shape index (κ3) is 14.4. The number of unbranched alkanes of at least 4 members (excludes halogenated alkanes) is 14. The Hall–Kier alpha value is -1.70. The zero-order valence-corrected chi connectivity index (χ0v) is 36.5. The van der Waals surface area contributed by atoms with Crippen LogP contribution in [0.25, 0.3) is 0 Å². The highest BCUT2D eigenvalue weighted by molar-refractivity contribution is 5.72. The fourth-order valence-corrected chi connectivity index (χ4v) is 8.13. The van der Waals surface area contributed by atoms with Gasteiger partial charge in [-0.3, -0.25) is 9.59 Å². The fourth-order valence-electron chi connectivity index (χ4n) is 8.13. The molecular formula is C42H76O20. The lowest BCUT2D eigenvalue weighted by Gasteiger charge is -2.56. The first-order chi connectivity index (χ1) is 29.6. The Balaban J connectivity index is 1.87. The maximum Gasteiger partial charge on any atom is 0.310 e. The molecule has 20 nitrogen and oxygen atoms in total. The topological polar surface area (TPSA) is 321 Å². The van der Waals surface area contributed by atoms with E-state index in [0.29, 0.717) is 25.7 Å². The van der Waals surface area contributed by atoms with Crippen LogP contribution in [0.4, 0.5) is 0 Å². The van der Waals surface area contributed by atoms with Crippen molar-refractivity contribution in [3.05, 3.63) is 0 Å². The van der Waals surface area contributed by atoms with Gasteiger partial charge in [0.05, 0.1) is 19.8 Å². The van der Waals surface area contributed by atoms with Crippen molar-refractivity contribution in [2.75, 3.05) is 19.8 Å². The van der Waals surface area contributed by atoms with Gasteiger partial charge in [-0.1, -0.05) is 104 Å². The van der Waals surface area contributed by atoms with E-state index in [4.69, 9.17) is 33.2 Å². The Morgan fingerprint density at radius 1 is 0.532 bits per heavy atom. The molecule has 364 valence electrons. The van der Waals surface area contributed by atoms with Crippen molar-refractivity contribution >= 4 is 11.9 Å². The zero-order chi connectivity index (χ0) is 46.0. The SMILES string of the molecule is CCCCCCCCCCCCCCCC(=O)OC(C)(OC(=O)CCCCC)C1(O[C@H]2[C@H](O)[C@@H](O)C(O[C@H]3[C@H](O)[C@@H](O)[C@@H](O)O[C@@H]3CO)O[C@@H]2CO)O[C@H](CO)[C@@H](O)[C@H](O)[C@H]1O. The molecule has 3 heterocycles. The molecule has 62 heavy (non-hydrogen) atoms. The van der Waals surface area contributed by atoms with Crippen molar-refractivity contribution < 1.29 is 98.9 Å². The van der Waals surface area contributed by atoms with Crippen LogP contribution < -0.4 is 0 Å². The fraction of sp³-hybridized carbons (Fsp3) is 0.952. The van der Waals surface area contributed by atoms with Crippen LogP contribution in [0, 0.1) is 0 Å². The number of aliphatic hydroxyl groups is 11. The van der Waals surface area contributed by atoms with E-state index < -0.39 is 129 Å². The second-order valence-electron chi connectivity index (χ2n) is 16.9. The lowest BCUT2D eigenvalue weighted by Crippen LogP contribution is -2.77. The molecule has 3 unspecified atom stereocenters. The minimum Gasteiger partial charge on any atom is -0.417 e. The minimum absolute atomic E-state index is 0.203. The third-order valence-corrected chi connectivity index (χ3v) is 11.9. The molecule has 0 saturated carbocycles. The molecule has 11 N–H and O–H groups in total. The first-order valence-corrected chi connectivity index (χ1v) is 22.6. The lowest BCUT2D eigenvalue weighted by atomic mass is 9.86. The molecule has 0 aliphatic carbocycles. The van der Waals surface area contributed by atoms with Gasteiger partial charge >= 0.3 is 17.7 Å². The first-order valence-electron chi connectivity index (χ1n) is 22.6. The molecule has 3 saturated heterocycles. The van der Waals surface area contributed by atoms with Crippen LogP contribution in [0.5, 0.6) is 0 Å². The average molecular weight is 901 g/mol. The van der Waals surface area contributed by atoms with Crippen LogP contribution in [0.15, 0.2) is 0 Å². The van der Waals surface area contributed by atoms with E-state index in [2.05, 4.69) is 6.92 Å². The van der Waals surface area contributed by atoms with Gasteiger partial charge in [-0.25, -0.2) is 0 Å². The van der Waals surface area contributed by atoms with Crippen molar-refractivity contribution in [1.29, 1.82) is 0 Å². The monoisotopic (exact) mass is 900 g/mol. The summed E-state index contributed by atoms with van der Waals surface area (Å²) >= 11 is 0. The van der Waals surface area contributed by atoms with Crippen molar-refractivity contribution in [3.8, 4) is 0 Å². The van der Waals surface area contributed by atoms with Gasteiger partial charge in [-0.2, -0.15) is 0 Å². The zero-order valence-electron chi connectivity index (χ0n) is 36.5. The number of ether oxygens (including phenoxy) is 7. The Morgan fingerprint density at radius 2 is 0.968 bits per heavy atom. The van der Waals surface area contributed by atoms with E-state index in [0.717, 1.165) is 39.0 Å². The van der Waals surface area contributed by atoms with E-state index in [-0.39, 0.29) is 12.8 Å². The highest BCUT2D eigenvalue weighted by Crippen LogP contribution is 2.45. The predicted molar refractivity (Wildman–Crippen MR) is 215 cm³/mol. The number of aliphatic hydroxyl groups excluding tert-OH is 11. The van der Waals surface area contributed by atoms with Crippen molar-refractivity contribution in [2.45, 2.75) is 234 Å². The summed E-state index contributed by atoms with van der Waals surface area (Å²) in [4.78, 5) is 27.1. The maximum absolute atomic E-state index is 13.7. The number of esters is 2. The third-order valence-electron chi connectivity index (χ3n) is 11.9. The van der Waals surface area contributed by atoms with Crippen molar-refractivity contribution in [1.82, 2.24) is 0 Å². The maximum atomic E-state index is 13.7.